The van der Waals surface area contributed by atoms with Gasteiger partial charge in [0, 0.05) is 24.7 Å². The van der Waals surface area contributed by atoms with Crippen LogP contribution in [-0.2, 0) is 16.0 Å². The summed E-state index contributed by atoms with van der Waals surface area (Å²) in [7, 11) is 1.64. The first-order valence-electron chi connectivity index (χ1n) is 7.79. The monoisotopic (exact) mass is 326 g/mol. The molecule has 5 heteroatoms. The summed E-state index contributed by atoms with van der Waals surface area (Å²) >= 11 is 0. The number of methoxy groups -OCH3 is 1. The molecule has 0 aliphatic rings. The van der Waals surface area contributed by atoms with Gasteiger partial charge in [-0.05, 0) is 48.7 Å². The van der Waals surface area contributed by atoms with Crippen molar-refractivity contribution >= 4 is 23.2 Å². The van der Waals surface area contributed by atoms with Crippen LogP contribution in [0, 0.1) is 6.92 Å². The lowest BCUT2D eigenvalue weighted by atomic mass is 10.1. The van der Waals surface area contributed by atoms with Crippen molar-refractivity contribution < 1.29 is 14.3 Å². The van der Waals surface area contributed by atoms with Crippen LogP contribution >= 0.6 is 0 Å². The van der Waals surface area contributed by atoms with Crippen molar-refractivity contribution in [3.05, 3.63) is 53.6 Å². The number of ether oxygens (including phenoxy) is 1. The third-order valence-electron chi connectivity index (χ3n) is 3.57. The lowest BCUT2D eigenvalue weighted by Crippen LogP contribution is -2.13. The standard InChI is InChI=1S/C19H22N2O3/c1-13-11-15(7-9-18(13)24-3)8-10-19(23)21-17-6-4-5-16(12-17)20-14(2)22/h4-7,9,11-12H,8,10H2,1-3H3,(H,20,22)(H,21,23). The van der Waals surface area contributed by atoms with Crippen LogP contribution in [0.15, 0.2) is 42.5 Å². The minimum atomic E-state index is -0.145. The molecule has 0 radical (unpaired) electrons. The number of aryl methyl sites for hydroxylation is 2. The molecule has 0 aliphatic heterocycles. The molecule has 2 aromatic rings. The van der Waals surface area contributed by atoms with Crippen LogP contribution < -0.4 is 15.4 Å². The molecule has 0 aliphatic carbocycles. The minimum Gasteiger partial charge on any atom is -0.496 e. The van der Waals surface area contributed by atoms with E-state index in [0.29, 0.717) is 24.2 Å². The van der Waals surface area contributed by atoms with E-state index in [9.17, 15) is 9.59 Å². The summed E-state index contributed by atoms with van der Waals surface area (Å²) in [4.78, 5) is 23.2. The van der Waals surface area contributed by atoms with Gasteiger partial charge >= 0.3 is 0 Å². The number of benzene rings is 2. The van der Waals surface area contributed by atoms with Crippen molar-refractivity contribution in [2.45, 2.75) is 26.7 Å². The quantitative estimate of drug-likeness (QED) is 0.853. The van der Waals surface area contributed by atoms with Gasteiger partial charge in [0.2, 0.25) is 11.8 Å². The fraction of sp³-hybridized carbons (Fsp3) is 0.263. The number of rotatable bonds is 6. The minimum absolute atomic E-state index is 0.0663. The van der Waals surface area contributed by atoms with Crippen molar-refractivity contribution in [3.8, 4) is 5.75 Å². The second-order valence-corrected chi connectivity index (χ2v) is 5.61. The normalized spacial score (nSPS) is 10.1. The Hall–Kier alpha value is -2.82. The molecular formula is C19H22N2O3. The Kier molecular flexibility index (Phi) is 5.95. The van der Waals surface area contributed by atoms with Gasteiger partial charge in [-0.25, -0.2) is 0 Å². The number of hydrogen-bond acceptors (Lipinski definition) is 3. The molecule has 0 bridgehead atoms. The Bertz CT molecular complexity index is 741. The van der Waals surface area contributed by atoms with E-state index in [0.717, 1.165) is 16.9 Å². The number of carbonyl (C=O) groups excluding carboxylic acids is 2. The van der Waals surface area contributed by atoms with Gasteiger partial charge in [-0.3, -0.25) is 9.59 Å². The second-order valence-electron chi connectivity index (χ2n) is 5.61. The summed E-state index contributed by atoms with van der Waals surface area (Å²) in [5, 5.41) is 5.54. The van der Waals surface area contributed by atoms with Crippen molar-refractivity contribution in [2.75, 3.05) is 17.7 Å². The van der Waals surface area contributed by atoms with E-state index in [4.69, 9.17) is 4.74 Å². The summed E-state index contributed by atoms with van der Waals surface area (Å²) < 4.78 is 5.23. The van der Waals surface area contributed by atoms with Gasteiger partial charge in [0.1, 0.15) is 5.75 Å². The zero-order chi connectivity index (χ0) is 17.5. The van der Waals surface area contributed by atoms with Crippen molar-refractivity contribution in [2.24, 2.45) is 0 Å². The van der Waals surface area contributed by atoms with Gasteiger partial charge in [0.15, 0.2) is 0 Å². The Balaban J connectivity index is 1.91. The number of hydrogen-bond donors (Lipinski definition) is 2. The molecule has 0 atom stereocenters. The molecule has 126 valence electrons. The van der Waals surface area contributed by atoms with Gasteiger partial charge < -0.3 is 15.4 Å². The fourth-order valence-electron chi connectivity index (χ4n) is 2.46. The van der Waals surface area contributed by atoms with Crippen LogP contribution in [0.1, 0.15) is 24.5 Å². The molecule has 0 saturated heterocycles. The van der Waals surface area contributed by atoms with E-state index in [-0.39, 0.29) is 11.8 Å². The first kappa shape index (κ1) is 17.5. The highest BCUT2D eigenvalue weighted by Gasteiger charge is 2.06. The van der Waals surface area contributed by atoms with Crippen molar-refractivity contribution in [3.63, 3.8) is 0 Å². The predicted molar refractivity (Wildman–Crippen MR) is 95.4 cm³/mol. The van der Waals surface area contributed by atoms with Crippen LogP contribution in [0.2, 0.25) is 0 Å². The Morgan fingerprint density at radius 3 is 2.38 bits per heavy atom. The number of anilines is 2. The summed E-state index contributed by atoms with van der Waals surface area (Å²) in [5.41, 5.74) is 3.47. The predicted octanol–water partition coefficient (Wildman–Crippen LogP) is 3.53. The Morgan fingerprint density at radius 2 is 1.75 bits per heavy atom. The van der Waals surface area contributed by atoms with Gasteiger partial charge in [-0.2, -0.15) is 0 Å². The van der Waals surface area contributed by atoms with E-state index in [1.807, 2.05) is 25.1 Å². The summed E-state index contributed by atoms with van der Waals surface area (Å²) in [6.45, 7) is 3.43. The molecule has 0 saturated carbocycles. The SMILES string of the molecule is COc1ccc(CCC(=O)Nc2cccc(NC(C)=O)c2)cc1C. The summed E-state index contributed by atoms with van der Waals surface area (Å²) in [6, 6.07) is 13.0. The van der Waals surface area contributed by atoms with Crippen LogP contribution in [0.3, 0.4) is 0 Å². The maximum absolute atomic E-state index is 12.1. The lowest BCUT2D eigenvalue weighted by Gasteiger charge is -2.09. The van der Waals surface area contributed by atoms with Gasteiger partial charge in [-0.15, -0.1) is 0 Å². The molecule has 2 amide bonds. The van der Waals surface area contributed by atoms with Gasteiger partial charge in [-0.1, -0.05) is 18.2 Å². The maximum atomic E-state index is 12.1. The fourth-order valence-corrected chi connectivity index (χ4v) is 2.46. The van der Waals surface area contributed by atoms with E-state index < -0.39 is 0 Å². The van der Waals surface area contributed by atoms with E-state index in [1.165, 1.54) is 6.92 Å². The smallest absolute Gasteiger partial charge is 0.224 e. The Morgan fingerprint density at radius 1 is 1.04 bits per heavy atom. The van der Waals surface area contributed by atoms with E-state index >= 15 is 0 Å². The molecule has 0 spiro atoms. The van der Waals surface area contributed by atoms with E-state index in [2.05, 4.69) is 10.6 Å². The molecule has 24 heavy (non-hydrogen) atoms. The molecule has 2 rings (SSSR count). The Labute approximate surface area is 142 Å². The molecule has 5 nitrogen and oxygen atoms in total. The largest absolute Gasteiger partial charge is 0.496 e. The summed E-state index contributed by atoms with van der Waals surface area (Å²) in [6.07, 6.45) is 1.04. The molecule has 2 N–H and O–H groups in total. The second kappa shape index (κ2) is 8.15. The molecular weight excluding hydrogens is 304 g/mol. The molecule has 0 fully saturated rings. The molecule has 0 heterocycles. The number of carbonyl (C=O) groups is 2. The van der Waals surface area contributed by atoms with E-state index in [1.54, 1.807) is 31.4 Å². The molecule has 0 aromatic heterocycles. The van der Waals surface area contributed by atoms with Crippen LogP contribution in [-0.4, -0.2) is 18.9 Å². The zero-order valence-corrected chi connectivity index (χ0v) is 14.2. The highest BCUT2D eigenvalue weighted by molar-refractivity contribution is 5.93. The zero-order valence-electron chi connectivity index (χ0n) is 14.2. The van der Waals surface area contributed by atoms with Crippen LogP contribution in [0.25, 0.3) is 0 Å². The molecule has 2 aromatic carbocycles. The van der Waals surface area contributed by atoms with Gasteiger partial charge in [0.25, 0.3) is 0 Å². The van der Waals surface area contributed by atoms with Crippen molar-refractivity contribution in [1.82, 2.24) is 0 Å². The van der Waals surface area contributed by atoms with Crippen LogP contribution in [0.5, 0.6) is 5.75 Å². The highest BCUT2D eigenvalue weighted by atomic mass is 16.5. The lowest BCUT2D eigenvalue weighted by molar-refractivity contribution is -0.116. The maximum Gasteiger partial charge on any atom is 0.224 e. The number of amides is 2. The third kappa shape index (κ3) is 5.12. The highest BCUT2D eigenvalue weighted by Crippen LogP contribution is 2.20. The topological polar surface area (TPSA) is 67.4 Å². The first-order chi connectivity index (χ1) is 11.5. The average molecular weight is 326 g/mol. The first-order valence-corrected chi connectivity index (χ1v) is 7.79. The average Bonchev–Trinajstić information content (AvgIpc) is 2.53. The number of nitrogens with one attached hydrogen (secondary N) is 2. The van der Waals surface area contributed by atoms with Crippen molar-refractivity contribution in [1.29, 1.82) is 0 Å². The van der Waals surface area contributed by atoms with Gasteiger partial charge in [0.05, 0.1) is 7.11 Å². The summed E-state index contributed by atoms with van der Waals surface area (Å²) in [5.74, 6) is 0.634. The third-order valence-corrected chi connectivity index (χ3v) is 3.57. The van der Waals surface area contributed by atoms with Crippen LogP contribution in [0.4, 0.5) is 11.4 Å². The molecule has 0 unspecified atom stereocenters.